The Bertz CT molecular complexity index is 409. The zero-order valence-corrected chi connectivity index (χ0v) is 25.5. The van der Waals surface area contributed by atoms with Gasteiger partial charge in [0.25, 0.3) is 0 Å². The summed E-state index contributed by atoms with van der Waals surface area (Å²) in [5.74, 6) is -0.653. The molecule has 0 saturated carbocycles. The van der Waals surface area contributed by atoms with Crippen LogP contribution in [-0.2, 0) is 26.5 Å². The minimum Gasteiger partial charge on any atom is -0.481 e. The molecule has 0 unspecified atom stereocenters. The number of hydrogen-bond acceptors (Lipinski definition) is 4. The van der Waals surface area contributed by atoms with Crippen LogP contribution in [0.1, 0.15) is 137 Å². The first-order valence-electron chi connectivity index (χ1n) is 13.4. The van der Waals surface area contributed by atoms with Crippen LogP contribution in [0.3, 0.4) is 0 Å². The van der Waals surface area contributed by atoms with Crippen molar-refractivity contribution in [1.29, 1.82) is 0 Å². The molecule has 0 aliphatic rings. The number of rotatable bonds is 18. The van der Waals surface area contributed by atoms with Gasteiger partial charge in [0.2, 0.25) is 0 Å². The van der Waals surface area contributed by atoms with Gasteiger partial charge in [-0.1, -0.05) is 121 Å². The molecule has 0 atom stereocenters. The van der Waals surface area contributed by atoms with Crippen molar-refractivity contribution in [3.05, 3.63) is 24.3 Å². The first-order valence-corrected chi connectivity index (χ1v) is 13.4. The molecule has 35 heavy (non-hydrogen) atoms. The minimum atomic E-state index is -0.653. The van der Waals surface area contributed by atoms with Crippen LogP contribution in [0.15, 0.2) is 24.3 Å². The zero-order valence-electron chi connectivity index (χ0n) is 23.9. The average Bonchev–Trinajstić information content (AvgIpc) is 2.76. The summed E-state index contributed by atoms with van der Waals surface area (Å²) >= 11 is 0. The second-order valence-electron chi connectivity index (χ2n) is 9.42. The van der Waals surface area contributed by atoms with Crippen LogP contribution >= 0.6 is 0 Å². The second kappa shape index (κ2) is 40.7. The van der Waals surface area contributed by atoms with Crippen molar-refractivity contribution in [2.75, 3.05) is 13.2 Å². The SMILES string of the molecule is C=C(C)CO.C=C(C)CO.CC(C)O.CCCCCCCCCCCCCCCCCC(=O)O.[Ti]. The van der Waals surface area contributed by atoms with Crippen molar-refractivity contribution < 1.29 is 46.9 Å². The third-order valence-electron chi connectivity index (χ3n) is 4.53. The summed E-state index contributed by atoms with van der Waals surface area (Å²) in [7, 11) is 0. The maximum atomic E-state index is 10.3. The van der Waals surface area contributed by atoms with Crippen molar-refractivity contribution in [2.24, 2.45) is 0 Å². The van der Waals surface area contributed by atoms with Crippen LogP contribution in [0.25, 0.3) is 0 Å². The summed E-state index contributed by atoms with van der Waals surface area (Å²) < 4.78 is 0. The molecule has 0 aromatic rings. The summed E-state index contributed by atoms with van der Waals surface area (Å²) in [6.07, 6.45) is 20.0. The van der Waals surface area contributed by atoms with Gasteiger partial charge in [-0.25, -0.2) is 0 Å². The molecule has 0 fully saturated rings. The first-order chi connectivity index (χ1) is 16.0. The molecule has 0 radical (unpaired) electrons. The van der Waals surface area contributed by atoms with Crippen LogP contribution in [-0.4, -0.2) is 45.7 Å². The predicted octanol–water partition coefficient (Wildman–Crippen LogP) is 7.83. The predicted molar refractivity (Wildman–Crippen MR) is 148 cm³/mol. The topological polar surface area (TPSA) is 98.0 Å². The molecule has 0 aliphatic heterocycles. The molecule has 0 aromatic carbocycles. The van der Waals surface area contributed by atoms with E-state index in [0.717, 1.165) is 24.0 Å². The largest absolute Gasteiger partial charge is 0.481 e. The Hall–Kier alpha value is -0.456. The van der Waals surface area contributed by atoms with Crippen molar-refractivity contribution in [3.63, 3.8) is 0 Å². The Morgan fingerprint density at radius 1 is 0.657 bits per heavy atom. The average molecular weight is 537 g/mol. The number of aliphatic carboxylic acids is 1. The number of aliphatic hydroxyl groups excluding tert-OH is 3. The molecule has 0 aliphatic carbocycles. The number of carboxylic acid groups (broad SMARTS) is 1. The third-order valence-corrected chi connectivity index (χ3v) is 4.53. The summed E-state index contributed by atoms with van der Waals surface area (Å²) in [5.41, 5.74) is 1.62. The second-order valence-corrected chi connectivity index (χ2v) is 9.42. The van der Waals surface area contributed by atoms with E-state index in [2.05, 4.69) is 20.1 Å². The van der Waals surface area contributed by atoms with Gasteiger partial charge in [-0.2, -0.15) is 0 Å². The Labute approximate surface area is 233 Å². The van der Waals surface area contributed by atoms with E-state index in [1.54, 1.807) is 27.7 Å². The Morgan fingerprint density at radius 3 is 1.03 bits per heavy atom. The van der Waals surface area contributed by atoms with E-state index in [1.165, 1.54) is 83.5 Å². The van der Waals surface area contributed by atoms with E-state index in [1.807, 2.05) is 0 Å². The van der Waals surface area contributed by atoms with Crippen LogP contribution in [0.2, 0.25) is 0 Å². The van der Waals surface area contributed by atoms with Gasteiger partial charge < -0.3 is 20.4 Å². The fraction of sp³-hybridized carbons (Fsp3) is 0.828. The quantitative estimate of drug-likeness (QED) is 0.0813. The van der Waals surface area contributed by atoms with E-state index < -0.39 is 5.97 Å². The molecule has 0 saturated heterocycles. The Balaban J connectivity index is -0.000000163. The molecular weight excluding hydrogens is 476 g/mol. The van der Waals surface area contributed by atoms with E-state index in [0.29, 0.717) is 6.42 Å². The zero-order chi connectivity index (χ0) is 27.0. The molecule has 6 heteroatoms. The third kappa shape index (κ3) is 79.1. The Morgan fingerprint density at radius 2 is 0.857 bits per heavy atom. The summed E-state index contributed by atoms with van der Waals surface area (Å²) in [6, 6.07) is 0. The molecule has 0 aromatic heterocycles. The monoisotopic (exact) mass is 536 g/mol. The molecule has 5 nitrogen and oxygen atoms in total. The van der Waals surface area contributed by atoms with Crippen LogP contribution < -0.4 is 0 Å². The van der Waals surface area contributed by atoms with Crippen LogP contribution in [0.4, 0.5) is 0 Å². The van der Waals surface area contributed by atoms with Crippen molar-refractivity contribution >= 4 is 5.97 Å². The molecule has 0 amide bonds. The summed E-state index contributed by atoms with van der Waals surface area (Å²) in [5, 5.41) is 32.7. The van der Waals surface area contributed by atoms with Gasteiger partial charge in [-0.15, -0.1) is 0 Å². The van der Waals surface area contributed by atoms with Gasteiger partial charge in [0, 0.05) is 34.2 Å². The van der Waals surface area contributed by atoms with Crippen LogP contribution in [0.5, 0.6) is 0 Å². The number of hydrogen-bond donors (Lipinski definition) is 4. The van der Waals surface area contributed by atoms with Gasteiger partial charge in [0.1, 0.15) is 0 Å². The van der Waals surface area contributed by atoms with Gasteiger partial charge in [0.15, 0.2) is 0 Å². The van der Waals surface area contributed by atoms with Gasteiger partial charge in [0.05, 0.1) is 13.2 Å². The number of carboxylic acids is 1. The maximum Gasteiger partial charge on any atom is 0.303 e. The molecular formula is C29H60O5Ti. The van der Waals surface area contributed by atoms with E-state index in [4.69, 9.17) is 20.4 Å². The van der Waals surface area contributed by atoms with E-state index >= 15 is 0 Å². The molecule has 210 valence electrons. The van der Waals surface area contributed by atoms with Gasteiger partial charge >= 0.3 is 5.97 Å². The Kier molecular flexibility index (Phi) is 51.8. The van der Waals surface area contributed by atoms with Crippen molar-refractivity contribution in [2.45, 2.75) is 143 Å². The van der Waals surface area contributed by atoms with Crippen molar-refractivity contribution in [1.82, 2.24) is 0 Å². The molecule has 0 heterocycles. The number of aliphatic hydroxyl groups is 3. The smallest absolute Gasteiger partial charge is 0.303 e. The maximum absolute atomic E-state index is 10.3. The standard InChI is InChI=1S/C18H36O2.2C4H8O.C3H8O.Ti/c1-2-3-4-5-6-7-8-9-10-11-12-13-14-15-16-17-18(19)20;2*1-4(2)3-5;1-3(2)4;/h2-17H2,1H3,(H,19,20);2*5H,1,3H2,2H3;3-4H,1-2H3;. The molecule has 4 N–H and O–H groups in total. The van der Waals surface area contributed by atoms with Crippen LogP contribution in [0, 0.1) is 0 Å². The van der Waals surface area contributed by atoms with Gasteiger partial charge in [-0.05, 0) is 34.1 Å². The summed E-state index contributed by atoms with van der Waals surface area (Å²) in [4.78, 5) is 10.3. The normalized spacial score (nSPS) is 9.40. The first kappa shape index (κ1) is 44.5. The fourth-order valence-corrected chi connectivity index (χ4v) is 2.65. The van der Waals surface area contributed by atoms with Crippen molar-refractivity contribution in [3.8, 4) is 0 Å². The summed E-state index contributed by atoms with van der Waals surface area (Å²) in [6.45, 7) is 16.3. The molecule has 0 rings (SSSR count). The number of unbranched alkanes of at least 4 members (excludes halogenated alkanes) is 14. The number of carbonyl (C=O) groups is 1. The molecule has 0 bridgehead atoms. The minimum absolute atomic E-state index is 0. The molecule has 0 spiro atoms. The van der Waals surface area contributed by atoms with Gasteiger partial charge in [-0.3, -0.25) is 4.79 Å². The van der Waals surface area contributed by atoms with E-state index in [-0.39, 0.29) is 41.0 Å². The van der Waals surface area contributed by atoms with E-state index in [9.17, 15) is 4.79 Å². The fourth-order valence-electron chi connectivity index (χ4n) is 2.65.